The number of ether oxygens (including phenoxy) is 1. The summed E-state index contributed by atoms with van der Waals surface area (Å²) >= 11 is 0. The van der Waals surface area contributed by atoms with E-state index in [2.05, 4.69) is 0 Å². The maximum Gasteiger partial charge on any atom is 0.165 e. The third-order valence-corrected chi connectivity index (χ3v) is 1.70. The standard InChI is InChI=1S/C9H12FNO.ClH/c1-6(11)7-3-4-9(12-2)8(10)5-7;/h3-6H,11H2,1-2H3;1H/t6-;/m0./s1. The van der Waals surface area contributed by atoms with E-state index >= 15 is 0 Å². The van der Waals surface area contributed by atoms with Crippen LogP contribution >= 0.6 is 12.4 Å². The van der Waals surface area contributed by atoms with E-state index in [1.165, 1.54) is 13.2 Å². The molecule has 0 aliphatic rings. The van der Waals surface area contributed by atoms with Gasteiger partial charge < -0.3 is 10.5 Å². The van der Waals surface area contributed by atoms with Gasteiger partial charge in [-0.15, -0.1) is 12.4 Å². The van der Waals surface area contributed by atoms with Crippen molar-refractivity contribution in [3.05, 3.63) is 29.6 Å². The van der Waals surface area contributed by atoms with E-state index in [0.29, 0.717) is 0 Å². The Labute approximate surface area is 83.3 Å². The molecular weight excluding hydrogens is 193 g/mol. The van der Waals surface area contributed by atoms with Gasteiger partial charge in [-0.25, -0.2) is 4.39 Å². The molecule has 2 N–H and O–H groups in total. The Hall–Kier alpha value is -0.800. The van der Waals surface area contributed by atoms with Crippen molar-refractivity contribution in [2.24, 2.45) is 5.73 Å². The number of benzene rings is 1. The molecule has 2 nitrogen and oxygen atoms in total. The summed E-state index contributed by atoms with van der Waals surface area (Å²) in [6.07, 6.45) is 0. The van der Waals surface area contributed by atoms with Crippen LogP contribution in [0.1, 0.15) is 18.5 Å². The van der Waals surface area contributed by atoms with Crippen molar-refractivity contribution in [1.82, 2.24) is 0 Å². The summed E-state index contributed by atoms with van der Waals surface area (Å²) in [4.78, 5) is 0. The van der Waals surface area contributed by atoms with Gasteiger partial charge in [0.15, 0.2) is 11.6 Å². The van der Waals surface area contributed by atoms with Gasteiger partial charge in [0.05, 0.1) is 7.11 Å². The largest absolute Gasteiger partial charge is 0.494 e. The molecule has 0 aliphatic heterocycles. The van der Waals surface area contributed by atoms with Crippen LogP contribution < -0.4 is 10.5 Å². The van der Waals surface area contributed by atoms with E-state index in [-0.39, 0.29) is 30.0 Å². The molecule has 0 saturated carbocycles. The van der Waals surface area contributed by atoms with Crippen LogP contribution in [0.2, 0.25) is 0 Å². The molecule has 1 aromatic rings. The van der Waals surface area contributed by atoms with Gasteiger partial charge >= 0.3 is 0 Å². The summed E-state index contributed by atoms with van der Waals surface area (Å²) in [5.41, 5.74) is 6.34. The molecule has 0 aromatic heterocycles. The highest BCUT2D eigenvalue weighted by atomic mass is 35.5. The molecule has 0 aliphatic carbocycles. The van der Waals surface area contributed by atoms with Gasteiger partial charge in [0.2, 0.25) is 0 Å². The van der Waals surface area contributed by atoms with Crippen LogP contribution in [-0.4, -0.2) is 7.11 Å². The minimum absolute atomic E-state index is 0. The molecule has 0 spiro atoms. The molecule has 13 heavy (non-hydrogen) atoms. The summed E-state index contributed by atoms with van der Waals surface area (Å²) < 4.78 is 17.8. The first-order valence-corrected chi connectivity index (χ1v) is 3.74. The maximum atomic E-state index is 13.0. The van der Waals surface area contributed by atoms with Crippen molar-refractivity contribution >= 4 is 12.4 Å². The topological polar surface area (TPSA) is 35.2 Å². The highest BCUT2D eigenvalue weighted by molar-refractivity contribution is 5.85. The van der Waals surface area contributed by atoms with Crippen LogP contribution in [0.3, 0.4) is 0 Å². The lowest BCUT2D eigenvalue weighted by Gasteiger charge is -2.07. The average Bonchev–Trinajstić information content (AvgIpc) is 2.04. The van der Waals surface area contributed by atoms with E-state index in [0.717, 1.165) is 5.56 Å². The zero-order valence-electron chi connectivity index (χ0n) is 7.58. The zero-order chi connectivity index (χ0) is 9.14. The van der Waals surface area contributed by atoms with E-state index < -0.39 is 0 Å². The molecule has 0 fully saturated rings. The summed E-state index contributed by atoms with van der Waals surface area (Å²) in [6.45, 7) is 1.81. The molecule has 0 radical (unpaired) electrons. The first-order chi connectivity index (χ1) is 5.65. The average molecular weight is 206 g/mol. The highest BCUT2D eigenvalue weighted by Gasteiger charge is 2.05. The van der Waals surface area contributed by atoms with Gasteiger partial charge in [0.1, 0.15) is 0 Å². The van der Waals surface area contributed by atoms with Crippen LogP contribution in [0, 0.1) is 5.82 Å². The minimum atomic E-state index is -0.368. The molecular formula is C9H13ClFNO. The van der Waals surface area contributed by atoms with E-state index in [9.17, 15) is 4.39 Å². The van der Waals surface area contributed by atoms with Crippen LogP contribution in [0.15, 0.2) is 18.2 Å². The van der Waals surface area contributed by atoms with Gasteiger partial charge in [0, 0.05) is 6.04 Å². The van der Waals surface area contributed by atoms with Gasteiger partial charge in [-0.05, 0) is 24.6 Å². The number of hydrogen-bond acceptors (Lipinski definition) is 2. The molecule has 0 saturated heterocycles. The molecule has 1 aromatic carbocycles. The second kappa shape index (κ2) is 5.04. The van der Waals surface area contributed by atoms with Crippen molar-refractivity contribution in [3.8, 4) is 5.75 Å². The summed E-state index contributed by atoms with van der Waals surface area (Å²) in [5.74, 6) is -0.119. The van der Waals surface area contributed by atoms with Crippen LogP contribution in [0.4, 0.5) is 4.39 Å². The van der Waals surface area contributed by atoms with Crippen LogP contribution in [0.5, 0.6) is 5.75 Å². The summed E-state index contributed by atoms with van der Waals surface area (Å²) in [5, 5.41) is 0. The quantitative estimate of drug-likeness (QED) is 0.804. The number of rotatable bonds is 2. The second-order valence-electron chi connectivity index (χ2n) is 2.68. The predicted octanol–water partition coefficient (Wildman–Crippen LogP) is 2.28. The Morgan fingerprint density at radius 1 is 1.46 bits per heavy atom. The Morgan fingerprint density at radius 3 is 2.46 bits per heavy atom. The fourth-order valence-corrected chi connectivity index (χ4v) is 0.966. The zero-order valence-corrected chi connectivity index (χ0v) is 8.40. The van der Waals surface area contributed by atoms with Crippen molar-refractivity contribution in [3.63, 3.8) is 0 Å². The minimum Gasteiger partial charge on any atom is -0.494 e. The monoisotopic (exact) mass is 205 g/mol. The number of nitrogens with two attached hydrogens (primary N) is 1. The van der Waals surface area contributed by atoms with E-state index in [1.807, 2.05) is 0 Å². The SMILES string of the molecule is COc1ccc([C@H](C)N)cc1F.Cl. The molecule has 0 amide bonds. The third-order valence-electron chi connectivity index (χ3n) is 1.70. The third kappa shape index (κ3) is 2.86. The van der Waals surface area contributed by atoms with Crippen molar-refractivity contribution in [1.29, 1.82) is 0 Å². The first kappa shape index (κ1) is 12.2. The number of hydrogen-bond donors (Lipinski definition) is 1. The summed E-state index contributed by atoms with van der Waals surface area (Å²) in [6, 6.07) is 4.58. The number of methoxy groups -OCH3 is 1. The predicted molar refractivity (Wildman–Crippen MR) is 52.8 cm³/mol. The van der Waals surface area contributed by atoms with Gasteiger partial charge in [-0.3, -0.25) is 0 Å². The Kier molecular flexibility index (Phi) is 4.73. The van der Waals surface area contributed by atoms with Gasteiger partial charge in [0.25, 0.3) is 0 Å². The Morgan fingerprint density at radius 2 is 2.08 bits per heavy atom. The molecule has 0 heterocycles. The molecule has 0 bridgehead atoms. The highest BCUT2D eigenvalue weighted by Crippen LogP contribution is 2.20. The normalized spacial score (nSPS) is 11.7. The first-order valence-electron chi connectivity index (χ1n) is 3.74. The smallest absolute Gasteiger partial charge is 0.165 e. The van der Waals surface area contributed by atoms with E-state index in [1.54, 1.807) is 19.1 Å². The molecule has 1 rings (SSSR count). The molecule has 0 unspecified atom stereocenters. The maximum absolute atomic E-state index is 13.0. The second-order valence-corrected chi connectivity index (χ2v) is 2.68. The van der Waals surface area contributed by atoms with Crippen molar-refractivity contribution in [2.75, 3.05) is 7.11 Å². The Balaban J connectivity index is 0.00000144. The lowest BCUT2D eigenvalue weighted by molar-refractivity contribution is 0.386. The van der Waals surface area contributed by atoms with Gasteiger partial charge in [-0.1, -0.05) is 6.07 Å². The molecule has 74 valence electrons. The fourth-order valence-electron chi connectivity index (χ4n) is 0.966. The summed E-state index contributed by atoms with van der Waals surface area (Å²) in [7, 11) is 1.43. The van der Waals surface area contributed by atoms with Crippen LogP contribution in [-0.2, 0) is 0 Å². The van der Waals surface area contributed by atoms with Crippen molar-refractivity contribution in [2.45, 2.75) is 13.0 Å². The number of halogens is 2. The molecule has 1 atom stereocenters. The fraction of sp³-hybridized carbons (Fsp3) is 0.333. The van der Waals surface area contributed by atoms with E-state index in [4.69, 9.17) is 10.5 Å². The molecule has 4 heteroatoms. The van der Waals surface area contributed by atoms with Gasteiger partial charge in [-0.2, -0.15) is 0 Å². The lowest BCUT2D eigenvalue weighted by Crippen LogP contribution is -2.05. The Bertz CT molecular complexity index is 278. The van der Waals surface area contributed by atoms with Crippen molar-refractivity contribution < 1.29 is 9.13 Å². The lowest BCUT2D eigenvalue weighted by atomic mass is 10.1. The van der Waals surface area contributed by atoms with Crippen LogP contribution in [0.25, 0.3) is 0 Å².